The van der Waals surface area contributed by atoms with Crippen LogP contribution in [0.1, 0.15) is 37.2 Å². The fourth-order valence-electron chi connectivity index (χ4n) is 4.39. The van der Waals surface area contributed by atoms with E-state index in [2.05, 4.69) is 10.1 Å². The highest BCUT2D eigenvalue weighted by molar-refractivity contribution is 6.32. The van der Waals surface area contributed by atoms with Gasteiger partial charge in [0.15, 0.2) is 0 Å². The molecule has 158 valence electrons. The largest absolute Gasteiger partial charge is 0.573 e. The summed E-state index contributed by atoms with van der Waals surface area (Å²) in [5, 5.41) is 3.14. The summed E-state index contributed by atoms with van der Waals surface area (Å²) < 4.78 is 46.5. The van der Waals surface area contributed by atoms with Crippen molar-refractivity contribution < 1.29 is 32.2 Å². The van der Waals surface area contributed by atoms with Gasteiger partial charge in [-0.1, -0.05) is 23.7 Å². The van der Waals surface area contributed by atoms with Crippen molar-refractivity contribution in [3.63, 3.8) is 0 Å². The number of likely N-dealkylation sites (tertiary alicyclic amines) is 1. The summed E-state index contributed by atoms with van der Waals surface area (Å²) in [6.07, 6.45) is -2.76. The van der Waals surface area contributed by atoms with Gasteiger partial charge in [0.1, 0.15) is 12.4 Å². The topological polar surface area (TPSA) is 67.9 Å². The molecule has 3 saturated heterocycles. The summed E-state index contributed by atoms with van der Waals surface area (Å²) in [5.41, 5.74) is 0.199. The predicted octanol–water partition coefficient (Wildman–Crippen LogP) is 2.99. The van der Waals surface area contributed by atoms with Crippen molar-refractivity contribution >= 4 is 23.5 Å². The molecule has 0 saturated carbocycles. The molecule has 1 N–H and O–H groups in total. The third-order valence-electron chi connectivity index (χ3n) is 5.83. The van der Waals surface area contributed by atoms with Crippen LogP contribution in [0.15, 0.2) is 18.2 Å². The molecular weight excluding hydrogens is 413 g/mol. The van der Waals surface area contributed by atoms with Crippen LogP contribution in [-0.2, 0) is 14.3 Å². The van der Waals surface area contributed by atoms with Crippen LogP contribution < -0.4 is 10.1 Å². The van der Waals surface area contributed by atoms with Gasteiger partial charge in [-0.3, -0.25) is 14.9 Å². The molecule has 0 radical (unpaired) electrons. The van der Waals surface area contributed by atoms with Crippen LogP contribution in [0.25, 0.3) is 0 Å². The predicted molar refractivity (Wildman–Crippen MR) is 96.5 cm³/mol. The number of halogens is 4. The van der Waals surface area contributed by atoms with Crippen molar-refractivity contribution in [3.8, 4) is 5.75 Å². The highest BCUT2D eigenvalue weighted by Crippen LogP contribution is 2.40. The summed E-state index contributed by atoms with van der Waals surface area (Å²) in [6.45, 7) is 1.28. The van der Waals surface area contributed by atoms with Gasteiger partial charge in [0, 0.05) is 13.1 Å². The SMILES string of the molecule is O=C1C[C@]2(CO1)C[C@@H](C(=O)N1CCC(c3cccc(OC(F)(F)F)c3Cl)CC1)N2. The van der Waals surface area contributed by atoms with Gasteiger partial charge in [-0.15, -0.1) is 13.2 Å². The second-order valence-electron chi connectivity index (χ2n) is 7.83. The summed E-state index contributed by atoms with van der Waals surface area (Å²) in [6, 6.07) is 4.05. The van der Waals surface area contributed by atoms with Gasteiger partial charge in [-0.2, -0.15) is 0 Å². The fraction of sp³-hybridized carbons (Fsp3) is 0.579. The minimum atomic E-state index is -4.81. The number of carbonyl (C=O) groups is 2. The van der Waals surface area contributed by atoms with Crippen LogP contribution in [0.3, 0.4) is 0 Å². The van der Waals surface area contributed by atoms with E-state index in [4.69, 9.17) is 16.3 Å². The third kappa shape index (κ3) is 4.16. The second kappa shape index (κ2) is 7.36. The van der Waals surface area contributed by atoms with E-state index < -0.39 is 17.7 Å². The Labute approximate surface area is 170 Å². The Morgan fingerprint density at radius 3 is 2.59 bits per heavy atom. The number of benzene rings is 1. The van der Waals surface area contributed by atoms with Crippen molar-refractivity contribution in [1.29, 1.82) is 0 Å². The molecule has 29 heavy (non-hydrogen) atoms. The molecule has 6 nitrogen and oxygen atoms in total. The second-order valence-corrected chi connectivity index (χ2v) is 8.20. The number of nitrogens with one attached hydrogen (secondary N) is 1. The zero-order chi connectivity index (χ0) is 20.8. The Balaban J connectivity index is 1.34. The molecule has 1 amide bonds. The Kier molecular flexibility index (Phi) is 5.14. The highest BCUT2D eigenvalue weighted by Gasteiger charge is 2.53. The van der Waals surface area contributed by atoms with Crippen molar-refractivity contribution in [2.45, 2.75) is 49.5 Å². The van der Waals surface area contributed by atoms with E-state index in [1.807, 2.05) is 0 Å². The molecular formula is C19H20ClF3N2O4. The van der Waals surface area contributed by atoms with E-state index in [9.17, 15) is 22.8 Å². The standard InChI is InChI=1S/C19H20ClF3N2O4/c20-16-12(2-1-3-14(16)29-19(21,22)23)11-4-6-25(7-5-11)17(27)13-8-18(24-13)9-15(26)28-10-18/h1-3,11,13,24H,4-10H2/t13-,18-/m0/s1. The lowest BCUT2D eigenvalue weighted by molar-refractivity contribution is -0.274. The number of piperidine rings is 1. The Morgan fingerprint density at radius 2 is 2.00 bits per heavy atom. The number of cyclic esters (lactones) is 1. The van der Waals surface area contributed by atoms with Crippen molar-refractivity contribution in [1.82, 2.24) is 10.2 Å². The quantitative estimate of drug-likeness (QED) is 0.744. The van der Waals surface area contributed by atoms with Gasteiger partial charge in [-0.05, 0) is 36.8 Å². The minimum absolute atomic E-state index is 0.0197. The molecule has 3 fully saturated rings. The van der Waals surface area contributed by atoms with Gasteiger partial charge >= 0.3 is 12.3 Å². The van der Waals surface area contributed by atoms with Crippen LogP contribution in [0, 0.1) is 0 Å². The Bertz CT molecular complexity index is 818. The smallest absolute Gasteiger partial charge is 0.464 e. The van der Waals surface area contributed by atoms with Crippen LogP contribution in [-0.4, -0.2) is 54.4 Å². The lowest BCUT2D eigenvalue weighted by Gasteiger charge is -2.46. The lowest BCUT2D eigenvalue weighted by Crippen LogP contribution is -2.69. The first-order chi connectivity index (χ1) is 13.7. The van der Waals surface area contributed by atoms with E-state index >= 15 is 0 Å². The van der Waals surface area contributed by atoms with Crippen molar-refractivity contribution in [2.75, 3.05) is 19.7 Å². The first-order valence-electron chi connectivity index (χ1n) is 9.42. The number of alkyl halides is 3. The average molecular weight is 433 g/mol. The number of hydrogen-bond donors (Lipinski definition) is 1. The minimum Gasteiger partial charge on any atom is -0.464 e. The van der Waals surface area contributed by atoms with Gasteiger partial charge < -0.3 is 14.4 Å². The van der Waals surface area contributed by atoms with E-state index in [1.165, 1.54) is 12.1 Å². The molecule has 4 rings (SSSR count). The zero-order valence-corrected chi connectivity index (χ0v) is 16.2. The van der Waals surface area contributed by atoms with E-state index in [0.29, 0.717) is 44.5 Å². The molecule has 2 atom stereocenters. The number of amides is 1. The summed E-state index contributed by atoms with van der Waals surface area (Å²) in [5.74, 6) is -0.733. The molecule has 1 aromatic carbocycles. The summed E-state index contributed by atoms with van der Waals surface area (Å²) in [4.78, 5) is 25.7. The molecule has 0 aliphatic carbocycles. The molecule has 3 aliphatic heterocycles. The maximum atomic E-state index is 12.7. The summed E-state index contributed by atoms with van der Waals surface area (Å²) in [7, 11) is 0. The monoisotopic (exact) mass is 432 g/mol. The molecule has 1 aromatic rings. The maximum Gasteiger partial charge on any atom is 0.573 e. The number of nitrogens with zero attached hydrogens (tertiary/aromatic N) is 1. The number of esters is 1. The van der Waals surface area contributed by atoms with E-state index in [1.54, 1.807) is 11.0 Å². The third-order valence-corrected chi connectivity index (χ3v) is 6.24. The van der Waals surface area contributed by atoms with Crippen LogP contribution in [0.5, 0.6) is 5.75 Å². The van der Waals surface area contributed by atoms with Crippen molar-refractivity contribution in [3.05, 3.63) is 28.8 Å². The number of hydrogen-bond acceptors (Lipinski definition) is 5. The van der Waals surface area contributed by atoms with E-state index in [-0.39, 0.29) is 35.3 Å². The van der Waals surface area contributed by atoms with Crippen LogP contribution in [0.4, 0.5) is 13.2 Å². The van der Waals surface area contributed by atoms with Crippen LogP contribution in [0.2, 0.25) is 5.02 Å². The Hall–Kier alpha value is -2.00. The highest BCUT2D eigenvalue weighted by atomic mass is 35.5. The van der Waals surface area contributed by atoms with Crippen molar-refractivity contribution in [2.24, 2.45) is 0 Å². The number of carbonyl (C=O) groups excluding carboxylic acids is 2. The number of rotatable bonds is 3. The van der Waals surface area contributed by atoms with E-state index in [0.717, 1.165) is 0 Å². The summed E-state index contributed by atoms with van der Waals surface area (Å²) >= 11 is 6.16. The average Bonchev–Trinajstić information content (AvgIpc) is 3.03. The maximum absolute atomic E-state index is 12.7. The molecule has 0 bridgehead atoms. The van der Waals surface area contributed by atoms with Gasteiger partial charge in [0.2, 0.25) is 5.91 Å². The molecule has 1 spiro atoms. The van der Waals surface area contributed by atoms with Gasteiger partial charge in [0.25, 0.3) is 0 Å². The number of ether oxygens (including phenoxy) is 2. The Morgan fingerprint density at radius 1 is 1.31 bits per heavy atom. The first-order valence-corrected chi connectivity index (χ1v) is 9.80. The molecule has 0 aromatic heterocycles. The van der Waals surface area contributed by atoms with Gasteiger partial charge in [0.05, 0.1) is 23.0 Å². The zero-order valence-electron chi connectivity index (χ0n) is 15.4. The normalized spacial score (nSPS) is 27.7. The fourth-order valence-corrected chi connectivity index (χ4v) is 4.71. The first kappa shape index (κ1) is 20.3. The van der Waals surface area contributed by atoms with Gasteiger partial charge in [-0.25, -0.2) is 0 Å². The molecule has 3 heterocycles. The molecule has 10 heteroatoms. The molecule has 0 unspecified atom stereocenters. The lowest BCUT2D eigenvalue weighted by atomic mass is 9.80. The molecule has 3 aliphatic rings. The van der Waals surface area contributed by atoms with Crippen LogP contribution >= 0.6 is 11.6 Å².